The van der Waals surface area contributed by atoms with Gasteiger partial charge in [0.1, 0.15) is 5.82 Å². The molecule has 146 valence electrons. The number of piperidine rings is 1. The van der Waals surface area contributed by atoms with Crippen molar-refractivity contribution in [2.24, 2.45) is 0 Å². The lowest BCUT2D eigenvalue weighted by molar-refractivity contribution is -0.116. The number of ether oxygens (including phenoxy) is 1. The topological polar surface area (TPSA) is 59.4 Å². The fourth-order valence-corrected chi connectivity index (χ4v) is 3.73. The summed E-state index contributed by atoms with van der Waals surface area (Å²) in [6.07, 6.45) is 5.05. The van der Waals surface area contributed by atoms with Crippen molar-refractivity contribution in [3.05, 3.63) is 48.2 Å². The van der Waals surface area contributed by atoms with Crippen LogP contribution in [0.25, 0.3) is 0 Å². The summed E-state index contributed by atoms with van der Waals surface area (Å²) in [6.45, 7) is 5.01. The lowest BCUT2D eigenvalue weighted by Crippen LogP contribution is -2.42. The lowest BCUT2D eigenvalue weighted by Gasteiger charge is -2.36. The number of hydrogen-bond acceptors (Lipinski definition) is 4. The molecule has 0 radical (unpaired) electrons. The lowest BCUT2D eigenvalue weighted by atomic mass is 10.0. The Morgan fingerprint density at radius 1 is 1.26 bits per heavy atom. The second-order valence-corrected chi connectivity index (χ2v) is 7.27. The van der Waals surface area contributed by atoms with Gasteiger partial charge in [-0.2, -0.15) is 5.10 Å². The number of hydrogen-bond donors (Lipinski definition) is 1. The van der Waals surface area contributed by atoms with E-state index in [2.05, 4.69) is 34.4 Å². The maximum atomic E-state index is 12.4. The second-order valence-electron chi connectivity index (χ2n) is 7.27. The number of carbonyl (C=O) groups is 1. The monoisotopic (exact) mass is 370 g/mol. The minimum Gasteiger partial charge on any atom is -0.383 e. The third kappa shape index (κ3) is 5.40. The highest BCUT2D eigenvalue weighted by molar-refractivity contribution is 5.89. The van der Waals surface area contributed by atoms with E-state index >= 15 is 0 Å². The third-order valence-corrected chi connectivity index (χ3v) is 5.30. The Hall–Kier alpha value is -2.18. The summed E-state index contributed by atoms with van der Waals surface area (Å²) in [7, 11) is 1.75. The van der Waals surface area contributed by atoms with Crippen molar-refractivity contribution >= 4 is 11.7 Å². The maximum Gasteiger partial charge on any atom is 0.225 e. The molecule has 0 bridgehead atoms. The van der Waals surface area contributed by atoms with E-state index in [1.807, 2.05) is 28.9 Å². The van der Waals surface area contributed by atoms with Crippen LogP contribution < -0.4 is 5.32 Å². The molecule has 1 aliphatic heterocycles. The minimum atomic E-state index is 0.0340. The van der Waals surface area contributed by atoms with Crippen molar-refractivity contribution in [1.82, 2.24) is 14.7 Å². The molecule has 1 atom stereocenters. The largest absolute Gasteiger partial charge is 0.383 e. The standard InChI is InChI=1S/C21H30N4O2/c1-17(16-27-2)24-14-11-19(12-15-24)25-20(10-13-22-25)23-21(26)9-8-18-6-4-3-5-7-18/h3-7,10,13,17,19H,8-9,11-12,14-16H2,1-2H3,(H,23,26)/t17-/m1/s1. The first-order valence-corrected chi connectivity index (χ1v) is 9.77. The predicted octanol–water partition coefficient (Wildman–Crippen LogP) is 3.13. The fourth-order valence-electron chi connectivity index (χ4n) is 3.73. The zero-order valence-corrected chi connectivity index (χ0v) is 16.3. The third-order valence-electron chi connectivity index (χ3n) is 5.30. The summed E-state index contributed by atoms with van der Waals surface area (Å²) in [5, 5.41) is 7.52. The highest BCUT2D eigenvalue weighted by atomic mass is 16.5. The highest BCUT2D eigenvalue weighted by Crippen LogP contribution is 2.26. The summed E-state index contributed by atoms with van der Waals surface area (Å²) >= 11 is 0. The first kappa shape index (κ1) is 19.6. The molecular weight excluding hydrogens is 340 g/mol. The van der Waals surface area contributed by atoms with E-state index in [1.54, 1.807) is 13.3 Å². The zero-order chi connectivity index (χ0) is 19.1. The predicted molar refractivity (Wildman–Crippen MR) is 107 cm³/mol. The number of nitrogens with zero attached hydrogens (tertiary/aromatic N) is 3. The summed E-state index contributed by atoms with van der Waals surface area (Å²) in [5.41, 5.74) is 1.18. The number of amides is 1. The molecule has 2 aromatic rings. The highest BCUT2D eigenvalue weighted by Gasteiger charge is 2.25. The van der Waals surface area contributed by atoms with Crippen molar-refractivity contribution in [2.75, 3.05) is 32.1 Å². The summed E-state index contributed by atoms with van der Waals surface area (Å²) in [6, 6.07) is 12.8. The molecule has 1 N–H and O–H groups in total. The Morgan fingerprint density at radius 2 is 2.00 bits per heavy atom. The number of anilines is 1. The fraction of sp³-hybridized carbons (Fsp3) is 0.524. The molecule has 0 spiro atoms. The van der Waals surface area contributed by atoms with Crippen LogP contribution in [-0.2, 0) is 16.0 Å². The summed E-state index contributed by atoms with van der Waals surface area (Å²) in [5.74, 6) is 0.836. The molecular formula is C21H30N4O2. The average molecular weight is 370 g/mol. The van der Waals surface area contributed by atoms with Crippen LogP contribution in [0.15, 0.2) is 42.6 Å². The molecule has 1 amide bonds. The summed E-state index contributed by atoms with van der Waals surface area (Å²) in [4.78, 5) is 14.8. The molecule has 3 rings (SSSR count). The van der Waals surface area contributed by atoms with Gasteiger partial charge < -0.3 is 10.1 Å². The van der Waals surface area contributed by atoms with Crippen LogP contribution in [0.1, 0.15) is 37.8 Å². The van der Waals surface area contributed by atoms with Crippen molar-refractivity contribution < 1.29 is 9.53 Å². The Labute approximate surface area is 161 Å². The van der Waals surface area contributed by atoms with E-state index in [1.165, 1.54) is 5.56 Å². The van der Waals surface area contributed by atoms with Gasteiger partial charge in [0, 0.05) is 38.7 Å². The van der Waals surface area contributed by atoms with Gasteiger partial charge in [-0.25, -0.2) is 4.68 Å². The van der Waals surface area contributed by atoms with E-state index in [0.717, 1.165) is 44.8 Å². The van der Waals surface area contributed by atoms with Gasteiger partial charge >= 0.3 is 0 Å². The van der Waals surface area contributed by atoms with Crippen molar-refractivity contribution in [1.29, 1.82) is 0 Å². The molecule has 1 saturated heterocycles. The zero-order valence-electron chi connectivity index (χ0n) is 16.3. The number of rotatable bonds is 8. The Morgan fingerprint density at radius 3 is 2.70 bits per heavy atom. The number of likely N-dealkylation sites (tertiary alicyclic amines) is 1. The number of carbonyl (C=O) groups excluding carboxylic acids is 1. The van der Waals surface area contributed by atoms with E-state index in [4.69, 9.17) is 4.74 Å². The quantitative estimate of drug-likeness (QED) is 0.776. The van der Waals surface area contributed by atoms with Gasteiger partial charge in [0.15, 0.2) is 0 Å². The first-order chi connectivity index (χ1) is 13.2. The van der Waals surface area contributed by atoms with Crippen LogP contribution in [0.5, 0.6) is 0 Å². The van der Waals surface area contributed by atoms with E-state index < -0.39 is 0 Å². The van der Waals surface area contributed by atoms with Crippen LogP contribution in [-0.4, -0.2) is 53.4 Å². The normalized spacial score (nSPS) is 17.0. The molecule has 0 unspecified atom stereocenters. The molecule has 27 heavy (non-hydrogen) atoms. The Kier molecular flexibility index (Phi) is 7.01. The number of aromatic nitrogens is 2. The van der Waals surface area contributed by atoms with Crippen molar-refractivity contribution in [3.63, 3.8) is 0 Å². The maximum absolute atomic E-state index is 12.4. The molecule has 0 aliphatic carbocycles. The molecule has 1 aromatic heterocycles. The van der Waals surface area contributed by atoms with Crippen molar-refractivity contribution in [2.45, 2.75) is 44.7 Å². The molecule has 6 nitrogen and oxygen atoms in total. The molecule has 1 aromatic carbocycles. The molecule has 2 heterocycles. The van der Waals surface area contributed by atoms with Crippen LogP contribution in [0.3, 0.4) is 0 Å². The number of aryl methyl sites for hydroxylation is 1. The van der Waals surface area contributed by atoms with Crippen LogP contribution in [0.4, 0.5) is 5.82 Å². The average Bonchev–Trinajstić information content (AvgIpc) is 3.15. The van der Waals surface area contributed by atoms with E-state index in [9.17, 15) is 4.79 Å². The Bertz CT molecular complexity index is 708. The molecule has 1 aliphatic rings. The van der Waals surface area contributed by atoms with Crippen LogP contribution >= 0.6 is 0 Å². The van der Waals surface area contributed by atoms with Crippen molar-refractivity contribution in [3.8, 4) is 0 Å². The molecule has 0 saturated carbocycles. The van der Waals surface area contributed by atoms with E-state index in [0.29, 0.717) is 18.5 Å². The summed E-state index contributed by atoms with van der Waals surface area (Å²) < 4.78 is 7.25. The first-order valence-electron chi connectivity index (χ1n) is 9.77. The van der Waals surface area contributed by atoms with Gasteiger partial charge in [-0.1, -0.05) is 30.3 Å². The second kappa shape index (κ2) is 9.67. The minimum absolute atomic E-state index is 0.0340. The van der Waals surface area contributed by atoms with Gasteiger partial charge in [-0.15, -0.1) is 0 Å². The SMILES string of the molecule is COC[C@@H](C)N1CCC(n2nccc2NC(=O)CCc2ccccc2)CC1. The molecule has 1 fully saturated rings. The van der Waals surface area contributed by atoms with Gasteiger partial charge in [-0.3, -0.25) is 9.69 Å². The number of methoxy groups -OCH3 is 1. The van der Waals surface area contributed by atoms with Gasteiger partial charge in [0.05, 0.1) is 18.8 Å². The van der Waals surface area contributed by atoms with Crippen LogP contribution in [0, 0.1) is 0 Å². The number of nitrogens with one attached hydrogen (secondary N) is 1. The number of benzene rings is 1. The van der Waals surface area contributed by atoms with Gasteiger partial charge in [0.2, 0.25) is 5.91 Å². The van der Waals surface area contributed by atoms with E-state index in [-0.39, 0.29) is 5.91 Å². The van der Waals surface area contributed by atoms with Gasteiger partial charge in [0.25, 0.3) is 0 Å². The smallest absolute Gasteiger partial charge is 0.225 e. The molecule has 6 heteroatoms. The van der Waals surface area contributed by atoms with Crippen LogP contribution in [0.2, 0.25) is 0 Å². The van der Waals surface area contributed by atoms with Gasteiger partial charge in [-0.05, 0) is 31.7 Å². The Balaban J connectivity index is 1.51.